The third-order valence-corrected chi connectivity index (χ3v) is 5.08. The van der Waals surface area contributed by atoms with E-state index in [1.807, 2.05) is 13.8 Å². The molecule has 1 aliphatic rings. The maximum absolute atomic E-state index is 13.4. The van der Waals surface area contributed by atoms with Crippen LogP contribution < -0.4 is 0 Å². The number of carbonyl (C=O) groups is 1. The van der Waals surface area contributed by atoms with Gasteiger partial charge in [0.2, 0.25) is 0 Å². The Kier molecular flexibility index (Phi) is 5.19. The topological polar surface area (TPSA) is 40.5 Å². The van der Waals surface area contributed by atoms with E-state index in [4.69, 9.17) is 0 Å². The van der Waals surface area contributed by atoms with Gasteiger partial charge in [0.05, 0.1) is 6.04 Å². The van der Waals surface area contributed by atoms with Crippen LogP contribution in [0.3, 0.4) is 0 Å². The molecule has 0 amide bonds. The Balaban J connectivity index is 2.12. The van der Waals surface area contributed by atoms with Crippen LogP contribution in [0, 0.1) is 19.7 Å². The average Bonchev–Trinajstić information content (AvgIpc) is 2.60. The van der Waals surface area contributed by atoms with Crippen molar-refractivity contribution in [1.82, 2.24) is 4.90 Å². The second kappa shape index (κ2) is 7.36. The molecule has 2 unspecified atom stereocenters. The van der Waals surface area contributed by atoms with Gasteiger partial charge in [-0.15, -0.1) is 0 Å². The average molecular weight is 341 g/mol. The zero-order valence-corrected chi connectivity index (χ0v) is 14.7. The number of aliphatic carboxylic acids is 1. The van der Waals surface area contributed by atoms with Gasteiger partial charge >= 0.3 is 5.97 Å². The fraction of sp³-hybridized carbons (Fsp3) is 0.381. The van der Waals surface area contributed by atoms with Crippen molar-refractivity contribution in [2.75, 3.05) is 6.54 Å². The molecule has 0 spiro atoms. The molecular formula is C21H24FNO2. The number of likely N-dealkylation sites (tertiary alicyclic amines) is 1. The number of benzene rings is 2. The van der Waals surface area contributed by atoms with Crippen molar-refractivity contribution >= 4 is 5.97 Å². The highest BCUT2D eigenvalue weighted by atomic mass is 19.1. The molecule has 1 saturated heterocycles. The zero-order valence-electron chi connectivity index (χ0n) is 14.7. The molecule has 0 radical (unpaired) electrons. The molecule has 1 heterocycles. The Morgan fingerprint density at radius 1 is 1.16 bits per heavy atom. The summed E-state index contributed by atoms with van der Waals surface area (Å²) >= 11 is 0. The van der Waals surface area contributed by atoms with Crippen LogP contribution >= 0.6 is 0 Å². The van der Waals surface area contributed by atoms with E-state index in [0.29, 0.717) is 6.42 Å². The summed E-state index contributed by atoms with van der Waals surface area (Å²) in [6.45, 7) is 4.81. The number of rotatable bonds is 4. The summed E-state index contributed by atoms with van der Waals surface area (Å²) in [5.74, 6) is -1.06. The van der Waals surface area contributed by atoms with Crippen LogP contribution in [-0.2, 0) is 4.79 Å². The number of piperidine rings is 1. The van der Waals surface area contributed by atoms with E-state index in [-0.39, 0.29) is 11.9 Å². The minimum Gasteiger partial charge on any atom is -0.480 e. The van der Waals surface area contributed by atoms with Crippen LogP contribution in [0.25, 0.3) is 0 Å². The third kappa shape index (κ3) is 3.74. The molecule has 4 heteroatoms. The van der Waals surface area contributed by atoms with Gasteiger partial charge in [0, 0.05) is 0 Å². The van der Waals surface area contributed by atoms with Crippen LogP contribution in [0.2, 0.25) is 0 Å². The number of carboxylic acids is 1. The van der Waals surface area contributed by atoms with E-state index in [1.165, 1.54) is 12.1 Å². The smallest absolute Gasteiger partial charge is 0.320 e. The van der Waals surface area contributed by atoms with Crippen molar-refractivity contribution < 1.29 is 14.3 Å². The first kappa shape index (κ1) is 17.6. The largest absolute Gasteiger partial charge is 0.480 e. The molecule has 25 heavy (non-hydrogen) atoms. The molecule has 0 saturated carbocycles. The number of halogens is 1. The lowest BCUT2D eigenvalue weighted by Crippen LogP contribution is -2.47. The Morgan fingerprint density at radius 2 is 1.88 bits per heavy atom. The molecule has 2 atom stereocenters. The van der Waals surface area contributed by atoms with Gasteiger partial charge in [-0.1, -0.05) is 42.3 Å². The van der Waals surface area contributed by atoms with Crippen molar-refractivity contribution in [1.29, 1.82) is 0 Å². The molecule has 132 valence electrons. The molecule has 3 nitrogen and oxygen atoms in total. The molecule has 1 N–H and O–H groups in total. The molecule has 0 bridgehead atoms. The Bertz CT molecular complexity index is 757. The summed E-state index contributed by atoms with van der Waals surface area (Å²) in [5.41, 5.74) is 4.29. The third-order valence-electron chi connectivity index (χ3n) is 5.08. The minimum absolute atomic E-state index is 0.179. The van der Waals surface area contributed by atoms with Gasteiger partial charge < -0.3 is 5.11 Å². The zero-order chi connectivity index (χ0) is 18.0. The first-order chi connectivity index (χ1) is 12.0. The SMILES string of the molecule is Cc1ccc(C)c(C(c2ccc(F)cc2)N2CCCCC2C(=O)O)c1. The van der Waals surface area contributed by atoms with Crippen molar-refractivity contribution in [3.05, 3.63) is 70.5 Å². The van der Waals surface area contributed by atoms with Gasteiger partial charge in [-0.2, -0.15) is 0 Å². The molecular weight excluding hydrogens is 317 g/mol. The van der Waals surface area contributed by atoms with Crippen molar-refractivity contribution in [3.8, 4) is 0 Å². The van der Waals surface area contributed by atoms with Crippen LogP contribution in [0.1, 0.15) is 47.6 Å². The number of hydrogen-bond acceptors (Lipinski definition) is 2. The first-order valence-corrected chi connectivity index (χ1v) is 8.78. The minimum atomic E-state index is -0.780. The highest BCUT2D eigenvalue weighted by Gasteiger charge is 2.35. The van der Waals surface area contributed by atoms with E-state index in [9.17, 15) is 14.3 Å². The van der Waals surface area contributed by atoms with Crippen LogP contribution in [-0.4, -0.2) is 28.6 Å². The normalized spacial score (nSPS) is 19.6. The maximum Gasteiger partial charge on any atom is 0.320 e. The monoisotopic (exact) mass is 341 g/mol. The van der Waals surface area contributed by atoms with Crippen molar-refractivity contribution in [2.45, 2.75) is 45.2 Å². The lowest BCUT2D eigenvalue weighted by atomic mass is 9.89. The maximum atomic E-state index is 13.4. The van der Waals surface area contributed by atoms with Crippen LogP contribution in [0.4, 0.5) is 4.39 Å². The van der Waals surface area contributed by atoms with Crippen molar-refractivity contribution in [2.24, 2.45) is 0 Å². The van der Waals surface area contributed by atoms with Gasteiger partial charge in [0.25, 0.3) is 0 Å². The van der Waals surface area contributed by atoms with Crippen LogP contribution in [0.15, 0.2) is 42.5 Å². The number of carboxylic acid groups (broad SMARTS) is 1. The highest BCUT2D eigenvalue weighted by molar-refractivity contribution is 5.73. The second-order valence-electron chi connectivity index (χ2n) is 6.90. The van der Waals surface area contributed by atoms with Gasteiger partial charge in [-0.3, -0.25) is 9.69 Å². The molecule has 1 fully saturated rings. The van der Waals surface area contributed by atoms with Gasteiger partial charge in [-0.05, 0) is 62.1 Å². The Labute approximate surface area is 148 Å². The number of nitrogens with zero attached hydrogens (tertiary/aromatic N) is 1. The summed E-state index contributed by atoms with van der Waals surface area (Å²) in [4.78, 5) is 13.9. The molecule has 1 aliphatic heterocycles. The quantitative estimate of drug-likeness (QED) is 0.892. The summed E-state index contributed by atoms with van der Waals surface area (Å²) in [6.07, 6.45) is 2.56. The van der Waals surface area contributed by atoms with Gasteiger partial charge in [0.15, 0.2) is 0 Å². The predicted octanol–water partition coefficient (Wildman–Crippen LogP) is 4.47. The summed E-state index contributed by atoms with van der Waals surface area (Å²) in [7, 11) is 0. The van der Waals surface area contributed by atoms with Gasteiger partial charge in [0.1, 0.15) is 11.9 Å². The lowest BCUT2D eigenvalue weighted by Gasteiger charge is -2.40. The number of hydrogen-bond donors (Lipinski definition) is 1. The van der Waals surface area contributed by atoms with E-state index in [0.717, 1.165) is 41.6 Å². The molecule has 3 rings (SSSR count). The van der Waals surface area contributed by atoms with Crippen LogP contribution in [0.5, 0.6) is 0 Å². The molecule has 2 aromatic carbocycles. The second-order valence-corrected chi connectivity index (χ2v) is 6.90. The number of aryl methyl sites for hydroxylation is 2. The fourth-order valence-electron chi connectivity index (χ4n) is 3.78. The predicted molar refractivity (Wildman–Crippen MR) is 96.1 cm³/mol. The van der Waals surface area contributed by atoms with Gasteiger partial charge in [-0.25, -0.2) is 4.39 Å². The summed E-state index contributed by atoms with van der Waals surface area (Å²) in [5, 5.41) is 9.72. The molecule has 0 aromatic heterocycles. The highest BCUT2D eigenvalue weighted by Crippen LogP contribution is 2.36. The van der Waals surface area contributed by atoms with E-state index < -0.39 is 12.0 Å². The van der Waals surface area contributed by atoms with E-state index >= 15 is 0 Å². The summed E-state index contributed by atoms with van der Waals surface area (Å²) in [6, 6.07) is 12.0. The van der Waals surface area contributed by atoms with E-state index in [1.54, 1.807) is 12.1 Å². The fourth-order valence-corrected chi connectivity index (χ4v) is 3.78. The standard InChI is InChI=1S/C21H24FNO2/c1-14-6-7-15(2)18(13-14)20(16-8-10-17(22)11-9-16)23-12-4-3-5-19(23)21(24)25/h6-11,13,19-20H,3-5,12H2,1-2H3,(H,24,25). The first-order valence-electron chi connectivity index (χ1n) is 8.78. The lowest BCUT2D eigenvalue weighted by molar-refractivity contribution is -0.145. The molecule has 2 aromatic rings. The van der Waals surface area contributed by atoms with Crippen molar-refractivity contribution in [3.63, 3.8) is 0 Å². The summed E-state index contributed by atoms with van der Waals surface area (Å²) < 4.78 is 13.4. The van der Waals surface area contributed by atoms with E-state index in [2.05, 4.69) is 23.1 Å². The molecule has 0 aliphatic carbocycles. The Hall–Kier alpha value is -2.20. The Morgan fingerprint density at radius 3 is 2.56 bits per heavy atom.